The Labute approximate surface area is 130 Å². The number of rotatable bonds is 4. The maximum atomic E-state index is 12.8. The van der Waals surface area contributed by atoms with Gasteiger partial charge in [-0.1, -0.05) is 18.6 Å². The summed E-state index contributed by atoms with van der Waals surface area (Å²) >= 11 is 0. The smallest absolute Gasteiger partial charge is 0.223 e. The third kappa shape index (κ3) is 3.37. The second-order valence-corrected chi connectivity index (χ2v) is 6.56. The van der Waals surface area contributed by atoms with Crippen molar-refractivity contribution in [1.29, 1.82) is 0 Å². The van der Waals surface area contributed by atoms with Gasteiger partial charge in [-0.25, -0.2) is 4.39 Å². The highest BCUT2D eigenvalue weighted by atomic mass is 19.1. The number of Topliss-reactive ketones (excluding diaryl/α,β-unsaturated/α-hetero) is 1. The fraction of sp³-hybridized carbons (Fsp3) is 0.556. The number of ketones is 1. The molecule has 2 fully saturated rings. The van der Waals surface area contributed by atoms with Gasteiger partial charge in [-0.3, -0.25) is 9.59 Å². The maximum Gasteiger partial charge on any atom is 0.223 e. The number of nitrogens with one attached hydrogen (secondary N) is 1. The second kappa shape index (κ2) is 6.59. The van der Waals surface area contributed by atoms with Crippen molar-refractivity contribution in [3.63, 3.8) is 0 Å². The van der Waals surface area contributed by atoms with Gasteiger partial charge in [-0.05, 0) is 49.8 Å². The average Bonchev–Trinajstić information content (AvgIpc) is 2.49. The van der Waals surface area contributed by atoms with Crippen LogP contribution in [0.4, 0.5) is 4.39 Å². The zero-order valence-corrected chi connectivity index (χ0v) is 12.7. The Morgan fingerprint density at radius 3 is 2.41 bits per heavy atom. The number of amides is 1. The molecule has 4 heteroatoms. The predicted octanol–water partition coefficient (Wildman–Crippen LogP) is 2.88. The van der Waals surface area contributed by atoms with Crippen LogP contribution >= 0.6 is 0 Å². The largest absolute Gasteiger partial charge is 0.356 e. The highest BCUT2D eigenvalue weighted by Crippen LogP contribution is 2.40. The minimum absolute atomic E-state index is 0.0128. The Bertz CT molecular complexity index is 539. The Hall–Kier alpha value is -1.71. The molecule has 2 bridgehead atoms. The molecule has 1 unspecified atom stereocenters. The molecule has 1 N–H and O–H groups in total. The molecule has 3 nitrogen and oxygen atoms in total. The van der Waals surface area contributed by atoms with Crippen molar-refractivity contribution in [2.24, 2.45) is 17.8 Å². The Balaban J connectivity index is 1.48. The molecule has 0 heterocycles. The first kappa shape index (κ1) is 15.2. The summed E-state index contributed by atoms with van der Waals surface area (Å²) in [6, 6.07) is 6.35. The van der Waals surface area contributed by atoms with Crippen LogP contribution in [0.25, 0.3) is 0 Å². The van der Waals surface area contributed by atoms with Crippen molar-refractivity contribution in [2.75, 3.05) is 6.54 Å². The highest BCUT2D eigenvalue weighted by Gasteiger charge is 2.41. The predicted molar refractivity (Wildman–Crippen MR) is 81.7 cm³/mol. The molecule has 0 spiro atoms. The third-order valence-corrected chi connectivity index (χ3v) is 5.04. The molecule has 2 saturated carbocycles. The van der Waals surface area contributed by atoms with E-state index >= 15 is 0 Å². The monoisotopic (exact) mass is 303 g/mol. The van der Waals surface area contributed by atoms with Gasteiger partial charge in [0.2, 0.25) is 5.91 Å². The van der Waals surface area contributed by atoms with Crippen molar-refractivity contribution in [1.82, 2.24) is 5.32 Å². The summed E-state index contributed by atoms with van der Waals surface area (Å²) in [7, 11) is 0. The first-order valence-electron chi connectivity index (χ1n) is 8.19. The lowest BCUT2D eigenvalue weighted by Crippen LogP contribution is -2.42. The van der Waals surface area contributed by atoms with Crippen molar-refractivity contribution in [3.05, 3.63) is 35.6 Å². The topological polar surface area (TPSA) is 46.2 Å². The van der Waals surface area contributed by atoms with Crippen LogP contribution < -0.4 is 5.32 Å². The minimum atomic E-state index is -0.244. The van der Waals surface area contributed by atoms with Crippen LogP contribution in [-0.4, -0.2) is 18.2 Å². The van der Waals surface area contributed by atoms with Gasteiger partial charge in [0.05, 0.1) is 0 Å². The maximum absolute atomic E-state index is 12.8. The van der Waals surface area contributed by atoms with E-state index in [1.54, 1.807) is 12.1 Å². The van der Waals surface area contributed by atoms with Gasteiger partial charge in [-0.2, -0.15) is 0 Å². The summed E-state index contributed by atoms with van der Waals surface area (Å²) in [5.41, 5.74) is 1.01. The molecule has 0 aliphatic heterocycles. The number of hydrogen-bond acceptors (Lipinski definition) is 2. The lowest BCUT2D eigenvalue weighted by Gasteiger charge is -2.36. The van der Waals surface area contributed by atoms with Crippen molar-refractivity contribution >= 4 is 11.7 Å². The normalized spacial score (nSPS) is 27.5. The van der Waals surface area contributed by atoms with Crippen molar-refractivity contribution in [3.8, 4) is 0 Å². The summed E-state index contributed by atoms with van der Waals surface area (Å²) in [6.07, 6.45) is 5.17. The Kier molecular flexibility index (Phi) is 4.55. The summed E-state index contributed by atoms with van der Waals surface area (Å²) in [5, 5.41) is 2.98. The molecule has 118 valence electrons. The SMILES string of the molecule is O=C(NCCc1ccc(F)cc1)C1C[C@H]2CCC[C@@H](C1)C2=O. The lowest BCUT2D eigenvalue weighted by molar-refractivity contribution is -0.137. The van der Waals surface area contributed by atoms with E-state index in [9.17, 15) is 14.0 Å². The lowest BCUT2D eigenvalue weighted by atomic mass is 9.67. The van der Waals surface area contributed by atoms with Crippen molar-refractivity contribution < 1.29 is 14.0 Å². The minimum Gasteiger partial charge on any atom is -0.356 e. The zero-order valence-electron chi connectivity index (χ0n) is 12.7. The van der Waals surface area contributed by atoms with E-state index in [0.29, 0.717) is 18.7 Å². The van der Waals surface area contributed by atoms with E-state index in [1.165, 1.54) is 12.1 Å². The van der Waals surface area contributed by atoms with Gasteiger partial charge in [-0.15, -0.1) is 0 Å². The molecule has 1 aromatic rings. The van der Waals surface area contributed by atoms with Crippen LogP contribution in [0.3, 0.4) is 0 Å². The molecule has 0 saturated heterocycles. The van der Waals surface area contributed by atoms with E-state index in [-0.39, 0.29) is 29.5 Å². The van der Waals surface area contributed by atoms with E-state index in [2.05, 4.69) is 5.32 Å². The standard InChI is InChI=1S/C18H22FNO2/c19-16-6-4-12(5-7-16)8-9-20-18(22)15-10-13-2-1-3-14(11-15)17(13)21/h4-7,13-15H,1-3,8-11H2,(H,20,22)/t13-,14+,15?. The summed E-state index contributed by atoms with van der Waals surface area (Å²) < 4.78 is 12.8. The molecule has 1 aromatic carbocycles. The molecule has 22 heavy (non-hydrogen) atoms. The highest BCUT2D eigenvalue weighted by molar-refractivity contribution is 5.88. The van der Waals surface area contributed by atoms with Crippen molar-refractivity contribution in [2.45, 2.75) is 38.5 Å². The summed E-state index contributed by atoms with van der Waals surface area (Å²) in [5.74, 6) is 0.432. The second-order valence-electron chi connectivity index (χ2n) is 6.56. The van der Waals surface area contributed by atoms with E-state index in [0.717, 1.165) is 37.7 Å². The molecular formula is C18H22FNO2. The fourth-order valence-electron chi connectivity index (χ4n) is 3.82. The number of hydrogen-bond donors (Lipinski definition) is 1. The van der Waals surface area contributed by atoms with Gasteiger partial charge >= 0.3 is 0 Å². The first-order chi connectivity index (χ1) is 10.6. The quantitative estimate of drug-likeness (QED) is 0.929. The molecule has 1 amide bonds. The zero-order chi connectivity index (χ0) is 15.5. The molecular weight excluding hydrogens is 281 g/mol. The van der Waals surface area contributed by atoms with E-state index < -0.39 is 0 Å². The number of halogens is 1. The molecule has 3 rings (SSSR count). The third-order valence-electron chi connectivity index (χ3n) is 5.04. The molecule has 2 aliphatic carbocycles. The van der Waals surface area contributed by atoms with Gasteiger partial charge in [0.15, 0.2) is 0 Å². The number of carbonyl (C=O) groups excluding carboxylic acids is 2. The first-order valence-corrected chi connectivity index (χ1v) is 8.19. The number of fused-ring (bicyclic) bond motifs is 2. The van der Waals surface area contributed by atoms with Crippen LogP contribution in [0.2, 0.25) is 0 Å². The summed E-state index contributed by atoms with van der Waals surface area (Å²) in [6.45, 7) is 0.560. The van der Waals surface area contributed by atoms with Crippen LogP contribution in [0.5, 0.6) is 0 Å². The Morgan fingerprint density at radius 2 is 1.77 bits per heavy atom. The molecule has 2 aliphatic rings. The molecule has 0 aromatic heterocycles. The van der Waals surface area contributed by atoms with E-state index in [4.69, 9.17) is 0 Å². The average molecular weight is 303 g/mol. The summed E-state index contributed by atoms with van der Waals surface area (Å²) in [4.78, 5) is 24.3. The van der Waals surface area contributed by atoms with Crippen LogP contribution in [-0.2, 0) is 16.0 Å². The van der Waals surface area contributed by atoms with Crippen LogP contribution in [0.15, 0.2) is 24.3 Å². The van der Waals surface area contributed by atoms with Gasteiger partial charge < -0.3 is 5.32 Å². The van der Waals surface area contributed by atoms with E-state index in [1.807, 2.05) is 0 Å². The van der Waals surface area contributed by atoms with Crippen LogP contribution in [0.1, 0.15) is 37.7 Å². The van der Waals surface area contributed by atoms with Gasteiger partial charge in [0, 0.05) is 24.3 Å². The van der Waals surface area contributed by atoms with Gasteiger partial charge in [0.25, 0.3) is 0 Å². The fourth-order valence-corrected chi connectivity index (χ4v) is 3.82. The number of carbonyl (C=O) groups is 2. The molecule has 3 atom stereocenters. The molecule has 0 radical (unpaired) electrons. The number of benzene rings is 1. The Morgan fingerprint density at radius 1 is 1.14 bits per heavy atom. The van der Waals surface area contributed by atoms with Crippen LogP contribution in [0, 0.1) is 23.6 Å². The van der Waals surface area contributed by atoms with Gasteiger partial charge in [0.1, 0.15) is 11.6 Å².